The van der Waals surface area contributed by atoms with Gasteiger partial charge in [-0.3, -0.25) is 9.59 Å². The van der Waals surface area contributed by atoms with Gasteiger partial charge in [0.2, 0.25) is 5.56 Å². The zero-order valence-corrected chi connectivity index (χ0v) is 11.9. The summed E-state index contributed by atoms with van der Waals surface area (Å²) >= 11 is 0. The molecule has 22 heavy (non-hydrogen) atoms. The lowest BCUT2D eigenvalue weighted by Crippen LogP contribution is -2.46. The van der Waals surface area contributed by atoms with Gasteiger partial charge in [0.25, 0.3) is 5.91 Å². The second kappa shape index (κ2) is 6.11. The summed E-state index contributed by atoms with van der Waals surface area (Å²) in [5, 5.41) is 3.17. The Bertz CT molecular complexity index is 751. The zero-order chi connectivity index (χ0) is 15.5. The average molecular weight is 301 g/mol. The van der Waals surface area contributed by atoms with Crippen molar-refractivity contribution in [3.05, 3.63) is 58.3 Å². The van der Waals surface area contributed by atoms with Gasteiger partial charge in [0.05, 0.1) is 5.56 Å². The fraction of sp³-hybridized carbons (Fsp3) is 0.250. The van der Waals surface area contributed by atoms with Gasteiger partial charge in [0, 0.05) is 49.6 Å². The van der Waals surface area contributed by atoms with Crippen molar-refractivity contribution >= 4 is 5.91 Å². The van der Waals surface area contributed by atoms with Crippen LogP contribution < -0.4 is 10.9 Å². The Morgan fingerprint density at radius 3 is 2.59 bits per heavy atom. The fourth-order valence-corrected chi connectivity index (χ4v) is 2.59. The van der Waals surface area contributed by atoms with Crippen molar-refractivity contribution in [2.45, 2.75) is 0 Å². The van der Waals surface area contributed by atoms with Gasteiger partial charge in [-0.2, -0.15) is 0 Å². The third-order valence-electron chi connectivity index (χ3n) is 3.72. The second-order valence-corrected chi connectivity index (χ2v) is 5.15. The number of halogens is 1. The molecule has 0 bridgehead atoms. The highest BCUT2D eigenvalue weighted by molar-refractivity contribution is 6.00. The van der Waals surface area contributed by atoms with E-state index < -0.39 is 5.82 Å². The molecular formula is C16H16FN3O2. The number of nitrogens with zero attached hydrogens (tertiary/aromatic N) is 1. The Morgan fingerprint density at radius 2 is 1.86 bits per heavy atom. The van der Waals surface area contributed by atoms with Crippen LogP contribution in [0.3, 0.4) is 0 Å². The van der Waals surface area contributed by atoms with Crippen LogP contribution in [0.1, 0.15) is 10.4 Å². The molecule has 1 aromatic carbocycles. The van der Waals surface area contributed by atoms with Crippen molar-refractivity contribution in [1.82, 2.24) is 15.2 Å². The minimum absolute atomic E-state index is 0.198. The highest BCUT2D eigenvalue weighted by atomic mass is 19.1. The summed E-state index contributed by atoms with van der Waals surface area (Å²) < 4.78 is 14.0. The molecule has 1 aromatic heterocycles. The second-order valence-electron chi connectivity index (χ2n) is 5.15. The van der Waals surface area contributed by atoms with Gasteiger partial charge >= 0.3 is 0 Å². The maximum Gasteiger partial charge on any atom is 0.256 e. The molecule has 1 saturated heterocycles. The number of benzene rings is 1. The van der Waals surface area contributed by atoms with Gasteiger partial charge in [0.1, 0.15) is 5.82 Å². The molecule has 114 valence electrons. The molecule has 0 saturated carbocycles. The van der Waals surface area contributed by atoms with E-state index in [0.717, 1.165) is 13.1 Å². The summed E-state index contributed by atoms with van der Waals surface area (Å²) in [6.07, 6.45) is 1.37. The monoisotopic (exact) mass is 301 g/mol. The number of piperazine rings is 1. The normalized spacial score (nSPS) is 14.9. The van der Waals surface area contributed by atoms with Gasteiger partial charge in [-0.15, -0.1) is 0 Å². The van der Waals surface area contributed by atoms with Gasteiger partial charge in [0.15, 0.2) is 0 Å². The molecule has 0 aliphatic carbocycles. The van der Waals surface area contributed by atoms with E-state index in [9.17, 15) is 14.0 Å². The van der Waals surface area contributed by atoms with Crippen LogP contribution in [-0.2, 0) is 0 Å². The fourth-order valence-electron chi connectivity index (χ4n) is 2.59. The number of H-pyrrole nitrogens is 1. The van der Waals surface area contributed by atoms with E-state index in [-0.39, 0.29) is 17.0 Å². The molecule has 3 rings (SSSR count). The first-order chi connectivity index (χ1) is 10.7. The van der Waals surface area contributed by atoms with E-state index >= 15 is 0 Å². The van der Waals surface area contributed by atoms with Gasteiger partial charge < -0.3 is 15.2 Å². The predicted octanol–water partition coefficient (Wildman–Crippen LogP) is 1.23. The molecule has 1 aliphatic heterocycles. The van der Waals surface area contributed by atoms with Crippen molar-refractivity contribution in [3.63, 3.8) is 0 Å². The Kier molecular flexibility index (Phi) is 4.02. The molecule has 0 spiro atoms. The number of aromatic amines is 1. The molecule has 1 aliphatic rings. The van der Waals surface area contributed by atoms with Crippen molar-refractivity contribution in [1.29, 1.82) is 0 Å². The van der Waals surface area contributed by atoms with Gasteiger partial charge in [-0.05, 0) is 6.07 Å². The van der Waals surface area contributed by atoms with E-state index in [1.165, 1.54) is 18.3 Å². The van der Waals surface area contributed by atoms with E-state index in [1.54, 1.807) is 23.1 Å². The summed E-state index contributed by atoms with van der Waals surface area (Å²) in [4.78, 5) is 28.5. The zero-order valence-electron chi connectivity index (χ0n) is 11.9. The Hall–Kier alpha value is -2.47. The van der Waals surface area contributed by atoms with E-state index in [4.69, 9.17) is 0 Å². The molecule has 0 unspecified atom stereocenters. The number of amides is 1. The first-order valence-electron chi connectivity index (χ1n) is 7.14. The van der Waals surface area contributed by atoms with Crippen LogP contribution in [0, 0.1) is 5.82 Å². The molecule has 5 nitrogen and oxygen atoms in total. The molecule has 2 heterocycles. The Morgan fingerprint density at radius 1 is 1.14 bits per heavy atom. The lowest BCUT2D eigenvalue weighted by atomic mass is 10.00. The number of aromatic nitrogens is 1. The van der Waals surface area contributed by atoms with Gasteiger partial charge in [-0.1, -0.05) is 18.2 Å². The number of carbonyl (C=O) groups is 1. The Balaban J connectivity index is 2.07. The number of carbonyl (C=O) groups excluding carboxylic acids is 1. The van der Waals surface area contributed by atoms with Crippen molar-refractivity contribution in [2.75, 3.05) is 26.2 Å². The van der Waals surface area contributed by atoms with Crippen LogP contribution in [-0.4, -0.2) is 42.0 Å². The molecule has 6 heteroatoms. The molecule has 0 radical (unpaired) electrons. The lowest BCUT2D eigenvalue weighted by molar-refractivity contribution is 0.0736. The van der Waals surface area contributed by atoms with Crippen LogP contribution in [0.25, 0.3) is 11.1 Å². The quantitative estimate of drug-likeness (QED) is 0.877. The summed E-state index contributed by atoms with van der Waals surface area (Å²) in [6.45, 7) is 2.64. The minimum Gasteiger partial charge on any atom is -0.336 e. The van der Waals surface area contributed by atoms with E-state index in [0.29, 0.717) is 24.2 Å². The van der Waals surface area contributed by atoms with Crippen molar-refractivity contribution in [2.24, 2.45) is 0 Å². The predicted molar refractivity (Wildman–Crippen MR) is 81.2 cm³/mol. The third-order valence-corrected chi connectivity index (χ3v) is 3.72. The summed E-state index contributed by atoms with van der Waals surface area (Å²) in [5.74, 6) is -0.654. The number of pyridine rings is 1. The summed E-state index contributed by atoms with van der Waals surface area (Å²) in [7, 11) is 0. The first kappa shape index (κ1) is 14.5. The van der Waals surface area contributed by atoms with Crippen molar-refractivity contribution in [3.8, 4) is 11.1 Å². The molecule has 1 fully saturated rings. The molecule has 2 N–H and O–H groups in total. The SMILES string of the molecule is O=C(c1c[nH]c(=O)cc1-c1ccccc1F)N1CCNCC1. The third kappa shape index (κ3) is 2.78. The largest absolute Gasteiger partial charge is 0.336 e. The molecule has 2 aromatic rings. The first-order valence-corrected chi connectivity index (χ1v) is 7.14. The topological polar surface area (TPSA) is 65.2 Å². The highest BCUT2D eigenvalue weighted by Crippen LogP contribution is 2.25. The summed E-state index contributed by atoms with van der Waals surface area (Å²) in [6, 6.07) is 7.41. The van der Waals surface area contributed by atoms with E-state index in [1.807, 2.05) is 0 Å². The number of nitrogens with one attached hydrogen (secondary N) is 2. The lowest BCUT2D eigenvalue weighted by Gasteiger charge is -2.28. The molecular weight excluding hydrogens is 285 g/mol. The van der Waals surface area contributed by atoms with Gasteiger partial charge in [-0.25, -0.2) is 4.39 Å². The van der Waals surface area contributed by atoms with Crippen LogP contribution in [0.5, 0.6) is 0 Å². The Labute approximate surface area is 126 Å². The number of hydrogen-bond acceptors (Lipinski definition) is 3. The standard InChI is InChI=1S/C16H16FN3O2/c17-14-4-2-1-3-11(14)12-9-15(21)19-10-13(12)16(22)20-7-5-18-6-8-20/h1-4,9-10,18H,5-8H2,(H,19,21). The van der Waals surface area contributed by atoms with Crippen LogP contribution in [0.15, 0.2) is 41.3 Å². The maximum absolute atomic E-state index is 14.0. The molecule has 0 atom stereocenters. The average Bonchev–Trinajstić information content (AvgIpc) is 2.55. The number of hydrogen-bond donors (Lipinski definition) is 2. The van der Waals surface area contributed by atoms with Crippen LogP contribution in [0.2, 0.25) is 0 Å². The summed E-state index contributed by atoms with van der Waals surface area (Å²) in [5.41, 5.74) is 0.527. The smallest absolute Gasteiger partial charge is 0.256 e. The van der Waals surface area contributed by atoms with Crippen LogP contribution in [0.4, 0.5) is 4.39 Å². The van der Waals surface area contributed by atoms with Crippen LogP contribution >= 0.6 is 0 Å². The minimum atomic E-state index is -0.456. The molecule has 1 amide bonds. The maximum atomic E-state index is 14.0. The van der Waals surface area contributed by atoms with E-state index in [2.05, 4.69) is 10.3 Å². The highest BCUT2D eigenvalue weighted by Gasteiger charge is 2.22. The number of rotatable bonds is 2. The van der Waals surface area contributed by atoms with Crippen molar-refractivity contribution < 1.29 is 9.18 Å².